The Morgan fingerprint density at radius 2 is 1.60 bits per heavy atom. The molecule has 0 aliphatic rings. The molecule has 2 atom stereocenters. The fourth-order valence-electron chi connectivity index (χ4n) is 1.63. The van der Waals surface area contributed by atoms with E-state index < -0.39 is 0 Å². The zero-order valence-corrected chi connectivity index (χ0v) is 10.6. The fourth-order valence-corrected chi connectivity index (χ4v) is 1.63. The minimum atomic E-state index is 0.110. The summed E-state index contributed by atoms with van der Waals surface area (Å²) in [7, 11) is 0. The monoisotopic (exact) mass is 214 g/mol. The van der Waals surface area contributed by atoms with E-state index >= 15 is 0 Å². The SMILES string of the molecule is CCCC(C)NCC(=O)NC(C)CCC. The highest BCUT2D eigenvalue weighted by Crippen LogP contribution is 1.95. The van der Waals surface area contributed by atoms with Crippen LogP contribution in [0.2, 0.25) is 0 Å². The molecule has 0 rings (SSSR count). The standard InChI is InChI=1S/C12H26N2O/c1-5-7-10(3)13-9-12(15)14-11(4)8-6-2/h10-11,13H,5-9H2,1-4H3,(H,14,15). The predicted octanol–water partition coefficient (Wildman–Crippen LogP) is 2.07. The van der Waals surface area contributed by atoms with Crippen molar-refractivity contribution in [3.8, 4) is 0 Å². The lowest BCUT2D eigenvalue weighted by Gasteiger charge is -2.15. The molecule has 2 N–H and O–H groups in total. The highest BCUT2D eigenvalue weighted by molar-refractivity contribution is 5.78. The molecule has 2 unspecified atom stereocenters. The number of nitrogens with one attached hydrogen (secondary N) is 2. The third-order valence-corrected chi connectivity index (χ3v) is 2.46. The van der Waals surface area contributed by atoms with Crippen LogP contribution in [0, 0.1) is 0 Å². The molecule has 3 heteroatoms. The number of amides is 1. The average molecular weight is 214 g/mol. The van der Waals surface area contributed by atoms with Gasteiger partial charge in [-0.1, -0.05) is 26.7 Å². The van der Waals surface area contributed by atoms with Crippen molar-refractivity contribution in [1.82, 2.24) is 10.6 Å². The smallest absolute Gasteiger partial charge is 0.234 e. The summed E-state index contributed by atoms with van der Waals surface area (Å²) in [6, 6.07) is 0.730. The maximum Gasteiger partial charge on any atom is 0.234 e. The zero-order valence-electron chi connectivity index (χ0n) is 10.6. The molecule has 90 valence electrons. The van der Waals surface area contributed by atoms with E-state index in [4.69, 9.17) is 0 Å². The van der Waals surface area contributed by atoms with Gasteiger partial charge in [0, 0.05) is 12.1 Å². The minimum Gasteiger partial charge on any atom is -0.353 e. The van der Waals surface area contributed by atoms with E-state index in [9.17, 15) is 4.79 Å². The van der Waals surface area contributed by atoms with Gasteiger partial charge in [0.1, 0.15) is 0 Å². The van der Waals surface area contributed by atoms with E-state index in [0.717, 1.165) is 25.7 Å². The number of carbonyl (C=O) groups is 1. The minimum absolute atomic E-state index is 0.110. The Kier molecular flexibility index (Phi) is 8.38. The molecule has 0 saturated heterocycles. The summed E-state index contributed by atoms with van der Waals surface area (Å²) in [6.07, 6.45) is 4.44. The van der Waals surface area contributed by atoms with Crippen LogP contribution < -0.4 is 10.6 Å². The van der Waals surface area contributed by atoms with Gasteiger partial charge in [0.2, 0.25) is 5.91 Å². The Balaban J connectivity index is 3.56. The highest BCUT2D eigenvalue weighted by Gasteiger charge is 2.07. The number of hydrogen-bond acceptors (Lipinski definition) is 2. The van der Waals surface area contributed by atoms with Gasteiger partial charge in [-0.2, -0.15) is 0 Å². The van der Waals surface area contributed by atoms with Crippen molar-refractivity contribution >= 4 is 5.91 Å². The van der Waals surface area contributed by atoms with Gasteiger partial charge in [-0.05, 0) is 26.7 Å². The first kappa shape index (κ1) is 14.4. The van der Waals surface area contributed by atoms with Crippen molar-refractivity contribution in [2.75, 3.05) is 6.54 Å². The van der Waals surface area contributed by atoms with Crippen LogP contribution in [0.25, 0.3) is 0 Å². The van der Waals surface area contributed by atoms with E-state index in [1.54, 1.807) is 0 Å². The Bertz CT molecular complexity index is 171. The van der Waals surface area contributed by atoms with E-state index in [-0.39, 0.29) is 5.91 Å². The van der Waals surface area contributed by atoms with Crippen LogP contribution in [0.1, 0.15) is 53.4 Å². The molecule has 0 aromatic heterocycles. The van der Waals surface area contributed by atoms with Crippen LogP contribution >= 0.6 is 0 Å². The van der Waals surface area contributed by atoms with E-state index in [1.807, 2.05) is 0 Å². The Labute approximate surface area is 94.0 Å². The summed E-state index contributed by atoms with van der Waals surface area (Å²) < 4.78 is 0. The number of hydrogen-bond donors (Lipinski definition) is 2. The molecular formula is C12H26N2O. The summed E-state index contributed by atoms with van der Waals surface area (Å²) in [4.78, 5) is 11.5. The van der Waals surface area contributed by atoms with Gasteiger partial charge in [-0.3, -0.25) is 4.79 Å². The third kappa shape index (κ3) is 8.43. The van der Waals surface area contributed by atoms with Crippen LogP contribution in [-0.4, -0.2) is 24.5 Å². The van der Waals surface area contributed by atoms with Gasteiger partial charge in [-0.25, -0.2) is 0 Å². The van der Waals surface area contributed by atoms with Gasteiger partial charge < -0.3 is 10.6 Å². The summed E-state index contributed by atoms with van der Waals surface area (Å²) in [6.45, 7) is 8.89. The first-order chi connectivity index (χ1) is 7.10. The molecule has 3 nitrogen and oxygen atoms in total. The van der Waals surface area contributed by atoms with Crippen LogP contribution in [0.5, 0.6) is 0 Å². The lowest BCUT2D eigenvalue weighted by molar-refractivity contribution is -0.121. The number of carbonyl (C=O) groups excluding carboxylic acids is 1. The molecule has 0 aliphatic heterocycles. The van der Waals surface area contributed by atoms with Crippen molar-refractivity contribution in [2.45, 2.75) is 65.5 Å². The fraction of sp³-hybridized carbons (Fsp3) is 0.917. The van der Waals surface area contributed by atoms with Crippen molar-refractivity contribution < 1.29 is 4.79 Å². The molecule has 0 radical (unpaired) electrons. The van der Waals surface area contributed by atoms with Gasteiger partial charge in [0.05, 0.1) is 6.54 Å². The Hall–Kier alpha value is -0.570. The molecular weight excluding hydrogens is 188 g/mol. The van der Waals surface area contributed by atoms with Crippen molar-refractivity contribution in [1.29, 1.82) is 0 Å². The molecule has 0 aromatic rings. The molecule has 0 spiro atoms. The quantitative estimate of drug-likeness (QED) is 0.649. The van der Waals surface area contributed by atoms with Gasteiger partial charge in [0.25, 0.3) is 0 Å². The molecule has 1 amide bonds. The lowest BCUT2D eigenvalue weighted by Crippen LogP contribution is -2.41. The second-order valence-corrected chi connectivity index (χ2v) is 4.33. The maximum atomic E-state index is 11.5. The molecule has 0 aliphatic carbocycles. The van der Waals surface area contributed by atoms with Crippen LogP contribution in [-0.2, 0) is 4.79 Å². The Morgan fingerprint density at radius 1 is 1.07 bits per heavy atom. The summed E-state index contributed by atoms with van der Waals surface area (Å²) in [5.74, 6) is 0.110. The largest absolute Gasteiger partial charge is 0.353 e. The summed E-state index contributed by atoms with van der Waals surface area (Å²) in [5.41, 5.74) is 0. The molecule has 15 heavy (non-hydrogen) atoms. The van der Waals surface area contributed by atoms with E-state index in [1.165, 1.54) is 0 Å². The van der Waals surface area contributed by atoms with Crippen molar-refractivity contribution in [3.63, 3.8) is 0 Å². The van der Waals surface area contributed by atoms with E-state index in [0.29, 0.717) is 18.6 Å². The summed E-state index contributed by atoms with van der Waals surface area (Å²) in [5, 5.41) is 6.20. The second kappa shape index (κ2) is 8.72. The topological polar surface area (TPSA) is 41.1 Å². The van der Waals surface area contributed by atoms with Crippen LogP contribution in [0.3, 0.4) is 0 Å². The van der Waals surface area contributed by atoms with Crippen molar-refractivity contribution in [2.24, 2.45) is 0 Å². The summed E-state index contributed by atoms with van der Waals surface area (Å²) >= 11 is 0. The van der Waals surface area contributed by atoms with Gasteiger partial charge in [-0.15, -0.1) is 0 Å². The van der Waals surface area contributed by atoms with Crippen LogP contribution in [0.15, 0.2) is 0 Å². The molecule has 0 bridgehead atoms. The van der Waals surface area contributed by atoms with Crippen molar-refractivity contribution in [3.05, 3.63) is 0 Å². The average Bonchev–Trinajstić information content (AvgIpc) is 2.15. The normalized spacial score (nSPS) is 14.7. The molecule has 0 heterocycles. The highest BCUT2D eigenvalue weighted by atomic mass is 16.1. The van der Waals surface area contributed by atoms with Gasteiger partial charge >= 0.3 is 0 Å². The lowest BCUT2D eigenvalue weighted by atomic mass is 10.2. The predicted molar refractivity (Wildman–Crippen MR) is 64.9 cm³/mol. The Morgan fingerprint density at radius 3 is 2.13 bits per heavy atom. The number of rotatable bonds is 8. The molecule has 0 aromatic carbocycles. The maximum absolute atomic E-state index is 11.5. The van der Waals surface area contributed by atoms with E-state index in [2.05, 4.69) is 38.3 Å². The second-order valence-electron chi connectivity index (χ2n) is 4.33. The zero-order chi connectivity index (χ0) is 11.7. The molecule has 0 saturated carbocycles. The molecule has 0 fully saturated rings. The first-order valence-electron chi connectivity index (χ1n) is 6.12. The van der Waals surface area contributed by atoms with Crippen LogP contribution in [0.4, 0.5) is 0 Å². The first-order valence-corrected chi connectivity index (χ1v) is 6.12. The van der Waals surface area contributed by atoms with Gasteiger partial charge in [0.15, 0.2) is 0 Å². The third-order valence-electron chi connectivity index (χ3n) is 2.46.